The van der Waals surface area contributed by atoms with Crippen LogP contribution in [0.25, 0.3) is 6.08 Å². The van der Waals surface area contributed by atoms with Gasteiger partial charge in [-0.3, -0.25) is 4.79 Å². The number of terminal acetylenes is 1. The number of nitrogens with zero attached hydrogens (tertiary/aromatic N) is 1. The fourth-order valence-electron chi connectivity index (χ4n) is 2.33. The van der Waals surface area contributed by atoms with Crippen molar-refractivity contribution >= 4 is 57.2 Å². The largest absolute Gasteiger partial charge is 0.493 e. The van der Waals surface area contributed by atoms with Crippen molar-refractivity contribution in [3.8, 4) is 23.8 Å². The number of benzene rings is 2. The zero-order valence-electron chi connectivity index (χ0n) is 14.4. The molecular formula is C20H15IN2O3S. The van der Waals surface area contributed by atoms with Crippen molar-refractivity contribution in [3.63, 3.8) is 0 Å². The lowest BCUT2D eigenvalue weighted by atomic mass is 10.2. The van der Waals surface area contributed by atoms with E-state index < -0.39 is 0 Å². The monoisotopic (exact) mass is 490 g/mol. The van der Waals surface area contributed by atoms with Crippen LogP contribution in [0.2, 0.25) is 0 Å². The fraction of sp³-hybridized carbons (Fsp3) is 0.100. The zero-order chi connectivity index (χ0) is 19.2. The summed E-state index contributed by atoms with van der Waals surface area (Å²) < 4.78 is 11.8. The Kier molecular flexibility index (Phi) is 6.42. The van der Waals surface area contributed by atoms with Crippen LogP contribution in [0.5, 0.6) is 11.5 Å². The fourth-order valence-corrected chi connectivity index (χ4v) is 3.95. The molecule has 0 bridgehead atoms. The predicted octanol–water partition coefficient (Wildman–Crippen LogP) is 4.20. The summed E-state index contributed by atoms with van der Waals surface area (Å²) in [7, 11) is 1.56. The Morgan fingerprint density at radius 2 is 2.11 bits per heavy atom. The molecule has 1 amide bonds. The first-order valence-electron chi connectivity index (χ1n) is 7.89. The van der Waals surface area contributed by atoms with E-state index in [0.717, 1.165) is 14.8 Å². The lowest BCUT2D eigenvalue weighted by Crippen LogP contribution is -2.19. The molecule has 0 atom stereocenters. The predicted molar refractivity (Wildman–Crippen MR) is 117 cm³/mol. The first-order valence-corrected chi connectivity index (χ1v) is 9.78. The number of ether oxygens (including phenoxy) is 2. The zero-order valence-corrected chi connectivity index (χ0v) is 17.3. The van der Waals surface area contributed by atoms with Gasteiger partial charge in [0, 0.05) is 0 Å². The summed E-state index contributed by atoms with van der Waals surface area (Å²) in [5.41, 5.74) is 1.61. The van der Waals surface area contributed by atoms with Crippen LogP contribution < -0.4 is 14.8 Å². The average molecular weight is 490 g/mol. The summed E-state index contributed by atoms with van der Waals surface area (Å²) >= 11 is 3.45. The number of carbonyl (C=O) groups excluding carboxylic acids is 1. The molecule has 0 unspecified atom stereocenters. The highest BCUT2D eigenvalue weighted by Crippen LogP contribution is 2.36. The molecule has 136 valence electrons. The Balaban J connectivity index is 1.86. The maximum Gasteiger partial charge on any atom is 0.264 e. The maximum absolute atomic E-state index is 12.3. The van der Waals surface area contributed by atoms with Gasteiger partial charge in [0.15, 0.2) is 16.7 Å². The van der Waals surface area contributed by atoms with Crippen LogP contribution in [0.3, 0.4) is 0 Å². The Labute approximate surface area is 175 Å². The molecule has 0 saturated carbocycles. The molecule has 7 heteroatoms. The van der Waals surface area contributed by atoms with Gasteiger partial charge in [0.25, 0.3) is 5.91 Å². The number of thioether (sulfide) groups is 1. The summed E-state index contributed by atoms with van der Waals surface area (Å²) in [4.78, 5) is 17.3. The first-order chi connectivity index (χ1) is 13.1. The number of carbonyl (C=O) groups is 1. The summed E-state index contributed by atoms with van der Waals surface area (Å²) in [5, 5.41) is 3.33. The van der Waals surface area contributed by atoms with Crippen LogP contribution in [0.15, 0.2) is 52.4 Å². The van der Waals surface area contributed by atoms with E-state index in [4.69, 9.17) is 15.9 Å². The molecular weight excluding hydrogens is 475 g/mol. The van der Waals surface area contributed by atoms with Crippen molar-refractivity contribution in [2.75, 3.05) is 13.7 Å². The van der Waals surface area contributed by atoms with E-state index in [2.05, 4.69) is 38.8 Å². The van der Waals surface area contributed by atoms with E-state index in [0.29, 0.717) is 21.6 Å². The number of para-hydroxylation sites is 1. The molecule has 0 aliphatic carbocycles. The second-order valence-electron chi connectivity index (χ2n) is 5.34. The molecule has 3 rings (SSSR count). The molecule has 2 aromatic rings. The number of aliphatic imine (C=N–C) groups is 1. The minimum absolute atomic E-state index is 0.157. The van der Waals surface area contributed by atoms with Crippen molar-refractivity contribution in [2.24, 2.45) is 4.99 Å². The van der Waals surface area contributed by atoms with Crippen LogP contribution in [0.1, 0.15) is 5.56 Å². The molecule has 0 aromatic heterocycles. The lowest BCUT2D eigenvalue weighted by molar-refractivity contribution is -0.115. The molecule has 0 spiro atoms. The normalized spacial score (nSPS) is 16.3. The number of rotatable bonds is 5. The van der Waals surface area contributed by atoms with Gasteiger partial charge >= 0.3 is 0 Å². The molecule has 5 nitrogen and oxygen atoms in total. The first kappa shape index (κ1) is 19.3. The number of hydrogen-bond acceptors (Lipinski definition) is 5. The minimum Gasteiger partial charge on any atom is -0.493 e. The average Bonchev–Trinajstić information content (AvgIpc) is 3.00. The van der Waals surface area contributed by atoms with Gasteiger partial charge in [0.1, 0.15) is 6.61 Å². The van der Waals surface area contributed by atoms with Gasteiger partial charge in [-0.1, -0.05) is 24.1 Å². The van der Waals surface area contributed by atoms with E-state index in [1.165, 1.54) is 11.8 Å². The van der Waals surface area contributed by atoms with Gasteiger partial charge < -0.3 is 14.8 Å². The summed E-state index contributed by atoms with van der Waals surface area (Å²) in [5.74, 6) is 3.40. The van der Waals surface area contributed by atoms with Crippen molar-refractivity contribution < 1.29 is 14.3 Å². The number of hydrogen-bond donors (Lipinski definition) is 1. The third kappa shape index (κ3) is 4.84. The number of nitrogens with one attached hydrogen (secondary N) is 1. The number of amidine groups is 1. The molecule has 27 heavy (non-hydrogen) atoms. The van der Waals surface area contributed by atoms with E-state index in [9.17, 15) is 4.79 Å². The summed E-state index contributed by atoms with van der Waals surface area (Å²) in [6.07, 6.45) is 7.05. The smallest absolute Gasteiger partial charge is 0.264 e. The summed E-state index contributed by atoms with van der Waals surface area (Å²) in [6.45, 7) is 0.157. The number of halogens is 1. The SMILES string of the molecule is C#CCOc1c(I)cc(/C=C2\SC(=Nc3ccccc3)NC2=O)cc1OC. The lowest BCUT2D eigenvalue weighted by Gasteiger charge is -2.12. The van der Waals surface area contributed by atoms with Gasteiger partial charge in [-0.15, -0.1) is 6.42 Å². The third-order valence-electron chi connectivity index (χ3n) is 3.49. The van der Waals surface area contributed by atoms with E-state index >= 15 is 0 Å². The highest BCUT2D eigenvalue weighted by Gasteiger charge is 2.24. The van der Waals surface area contributed by atoms with Crippen molar-refractivity contribution in [2.45, 2.75) is 0 Å². The van der Waals surface area contributed by atoms with Gasteiger partial charge in [-0.2, -0.15) is 0 Å². The molecule has 0 radical (unpaired) electrons. The minimum atomic E-state index is -0.184. The van der Waals surface area contributed by atoms with Crippen LogP contribution in [0.4, 0.5) is 5.69 Å². The third-order valence-corrected chi connectivity index (χ3v) is 5.20. The van der Waals surface area contributed by atoms with Gasteiger partial charge in [-0.05, 0) is 70.3 Å². The maximum atomic E-state index is 12.3. The topological polar surface area (TPSA) is 59.9 Å². The highest BCUT2D eigenvalue weighted by atomic mass is 127. The van der Waals surface area contributed by atoms with Crippen LogP contribution in [0, 0.1) is 15.9 Å². The van der Waals surface area contributed by atoms with E-state index in [1.807, 2.05) is 36.4 Å². The van der Waals surface area contributed by atoms with E-state index in [-0.39, 0.29) is 12.5 Å². The Morgan fingerprint density at radius 1 is 1.33 bits per heavy atom. The Morgan fingerprint density at radius 3 is 2.81 bits per heavy atom. The Hall–Kier alpha value is -2.44. The van der Waals surface area contributed by atoms with Crippen LogP contribution in [-0.2, 0) is 4.79 Å². The van der Waals surface area contributed by atoms with Gasteiger partial charge in [0.2, 0.25) is 0 Å². The second kappa shape index (κ2) is 8.97. The molecule has 1 aliphatic rings. The Bertz CT molecular complexity index is 965. The van der Waals surface area contributed by atoms with Crippen LogP contribution >= 0.6 is 34.4 Å². The molecule has 2 aromatic carbocycles. The number of methoxy groups -OCH3 is 1. The standard InChI is InChI=1S/C20H15IN2O3S/c1-3-9-26-18-15(21)10-13(11-16(18)25-2)12-17-19(24)23-20(27-17)22-14-7-5-4-6-8-14/h1,4-8,10-12H,9H2,2H3,(H,22,23,24)/b17-12-. The molecule has 1 saturated heterocycles. The van der Waals surface area contributed by atoms with Gasteiger partial charge in [-0.25, -0.2) is 4.99 Å². The molecule has 1 N–H and O–H groups in total. The van der Waals surface area contributed by atoms with Crippen molar-refractivity contribution in [1.29, 1.82) is 0 Å². The highest BCUT2D eigenvalue weighted by molar-refractivity contribution is 14.1. The van der Waals surface area contributed by atoms with Crippen molar-refractivity contribution in [1.82, 2.24) is 5.32 Å². The number of amides is 1. The van der Waals surface area contributed by atoms with Gasteiger partial charge in [0.05, 0.1) is 21.3 Å². The quantitative estimate of drug-likeness (QED) is 0.388. The van der Waals surface area contributed by atoms with Crippen LogP contribution in [-0.4, -0.2) is 24.8 Å². The second-order valence-corrected chi connectivity index (χ2v) is 7.54. The molecule has 1 fully saturated rings. The summed E-state index contributed by atoms with van der Waals surface area (Å²) in [6, 6.07) is 13.2. The van der Waals surface area contributed by atoms with E-state index in [1.54, 1.807) is 19.3 Å². The van der Waals surface area contributed by atoms with Crippen molar-refractivity contribution in [3.05, 3.63) is 56.5 Å². The molecule has 1 aliphatic heterocycles. The molecule has 1 heterocycles.